The molecule has 1 heterocycles. The second kappa shape index (κ2) is 7.27. The average Bonchev–Trinajstić information content (AvgIpc) is 3.00. The molecule has 0 aliphatic carbocycles. The number of aryl methyl sites for hydroxylation is 1. The third kappa shape index (κ3) is 4.30. The summed E-state index contributed by atoms with van der Waals surface area (Å²) in [6, 6.07) is 7.41. The van der Waals surface area contributed by atoms with Crippen LogP contribution in [0.25, 0.3) is 0 Å². The number of anilines is 1. The zero-order chi connectivity index (χ0) is 17.9. The number of sulfonamides is 1. The fraction of sp³-hybridized carbons (Fsp3) is 0.312. The van der Waals surface area contributed by atoms with Crippen LogP contribution in [0.1, 0.15) is 18.2 Å². The number of halogens is 1. The van der Waals surface area contributed by atoms with Crippen LogP contribution in [0.15, 0.2) is 41.0 Å². The van der Waals surface area contributed by atoms with Crippen molar-refractivity contribution in [2.75, 3.05) is 10.6 Å². The van der Waals surface area contributed by atoms with E-state index in [1.165, 1.54) is 19.3 Å². The van der Waals surface area contributed by atoms with Gasteiger partial charge in [-0.25, -0.2) is 8.42 Å². The third-order valence-corrected chi connectivity index (χ3v) is 4.98. The number of benzene rings is 1. The molecule has 1 atom stereocenters. The number of rotatable bonds is 6. The number of carbonyl (C=O) groups is 1. The Kier molecular flexibility index (Phi) is 5.56. The molecular weight excluding hydrogens is 352 g/mol. The lowest BCUT2D eigenvalue weighted by atomic mass is 10.2. The highest BCUT2D eigenvalue weighted by Crippen LogP contribution is 2.28. The first kappa shape index (κ1) is 18.4. The SMILES string of the molecule is Cc1ccc(Cl)cc1N([C@@H](C)C(=O)NCc1ccco1)S(C)(=O)=O. The van der Waals surface area contributed by atoms with E-state index in [9.17, 15) is 13.2 Å². The largest absolute Gasteiger partial charge is 0.467 e. The van der Waals surface area contributed by atoms with E-state index in [2.05, 4.69) is 5.32 Å². The highest BCUT2D eigenvalue weighted by atomic mass is 35.5. The lowest BCUT2D eigenvalue weighted by Gasteiger charge is -2.29. The summed E-state index contributed by atoms with van der Waals surface area (Å²) in [5.41, 5.74) is 1.08. The number of hydrogen-bond acceptors (Lipinski definition) is 4. The summed E-state index contributed by atoms with van der Waals surface area (Å²) in [5, 5.41) is 3.07. The molecule has 1 amide bonds. The van der Waals surface area contributed by atoms with Crippen LogP contribution in [0.4, 0.5) is 5.69 Å². The minimum Gasteiger partial charge on any atom is -0.467 e. The monoisotopic (exact) mass is 370 g/mol. The van der Waals surface area contributed by atoms with Gasteiger partial charge < -0.3 is 9.73 Å². The van der Waals surface area contributed by atoms with Crippen molar-refractivity contribution in [3.05, 3.63) is 52.9 Å². The van der Waals surface area contributed by atoms with Gasteiger partial charge in [0, 0.05) is 5.02 Å². The highest BCUT2D eigenvalue weighted by molar-refractivity contribution is 7.92. The van der Waals surface area contributed by atoms with Gasteiger partial charge in [0.1, 0.15) is 11.8 Å². The fourth-order valence-electron chi connectivity index (χ4n) is 2.34. The minimum atomic E-state index is -3.68. The van der Waals surface area contributed by atoms with Crippen molar-refractivity contribution in [2.45, 2.75) is 26.4 Å². The molecule has 130 valence electrons. The normalized spacial score (nSPS) is 12.7. The van der Waals surface area contributed by atoms with E-state index in [0.29, 0.717) is 22.0 Å². The molecule has 6 nitrogen and oxygen atoms in total. The van der Waals surface area contributed by atoms with Crippen LogP contribution >= 0.6 is 11.6 Å². The van der Waals surface area contributed by atoms with Crippen LogP contribution in [0.5, 0.6) is 0 Å². The van der Waals surface area contributed by atoms with E-state index in [4.69, 9.17) is 16.0 Å². The first-order valence-corrected chi connectivity index (χ1v) is 9.48. The molecule has 0 bridgehead atoms. The topological polar surface area (TPSA) is 79.6 Å². The molecule has 0 saturated heterocycles. The first-order valence-electron chi connectivity index (χ1n) is 7.26. The standard InChI is InChI=1S/C16H19ClN2O4S/c1-11-6-7-13(17)9-15(11)19(24(3,21)22)12(2)16(20)18-10-14-5-4-8-23-14/h4-9,12H,10H2,1-3H3,(H,18,20)/t12-/m0/s1. The molecule has 0 aliphatic heterocycles. The molecule has 8 heteroatoms. The van der Waals surface area contributed by atoms with Crippen molar-refractivity contribution in [3.63, 3.8) is 0 Å². The Morgan fingerprint density at radius 1 is 1.38 bits per heavy atom. The predicted octanol–water partition coefficient (Wildman–Crippen LogP) is 2.71. The van der Waals surface area contributed by atoms with E-state index >= 15 is 0 Å². The number of amides is 1. The molecule has 0 unspecified atom stereocenters. The smallest absolute Gasteiger partial charge is 0.243 e. The Morgan fingerprint density at radius 2 is 2.08 bits per heavy atom. The van der Waals surface area contributed by atoms with Gasteiger partial charge in [0.15, 0.2) is 0 Å². The van der Waals surface area contributed by atoms with Gasteiger partial charge in [-0.3, -0.25) is 9.10 Å². The van der Waals surface area contributed by atoms with Crippen molar-refractivity contribution in [3.8, 4) is 0 Å². The van der Waals surface area contributed by atoms with Gasteiger partial charge in [-0.2, -0.15) is 0 Å². The number of carbonyl (C=O) groups excluding carboxylic acids is 1. The van der Waals surface area contributed by atoms with Gasteiger partial charge in [-0.05, 0) is 43.7 Å². The summed E-state index contributed by atoms with van der Waals surface area (Å²) in [4.78, 5) is 12.4. The van der Waals surface area contributed by atoms with Gasteiger partial charge >= 0.3 is 0 Å². The quantitative estimate of drug-likeness (QED) is 0.847. The molecule has 24 heavy (non-hydrogen) atoms. The van der Waals surface area contributed by atoms with Gasteiger partial charge in [-0.1, -0.05) is 17.7 Å². The molecule has 2 aromatic rings. The summed E-state index contributed by atoms with van der Waals surface area (Å²) >= 11 is 5.99. The molecule has 0 fully saturated rings. The predicted molar refractivity (Wildman–Crippen MR) is 93.5 cm³/mol. The van der Waals surface area contributed by atoms with Crippen molar-refractivity contribution < 1.29 is 17.6 Å². The Labute approximate surface area is 146 Å². The first-order chi connectivity index (χ1) is 11.2. The molecule has 1 N–H and O–H groups in total. The van der Waals surface area contributed by atoms with E-state index in [1.54, 1.807) is 31.2 Å². The van der Waals surface area contributed by atoms with Crippen LogP contribution < -0.4 is 9.62 Å². The number of nitrogens with one attached hydrogen (secondary N) is 1. The third-order valence-electron chi connectivity index (χ3n) is 3.51. The summed E-state index contributed by atoms with van der Waals surface area (Å²) in [7, 11) is -3.68. The van der Waals surface area contributed by atoms with Gasteiger partial charge in [0.2, 0.25) is 15.9 Å². The van der Waals surface area contributed by atoms with Crippen molar-refractivity contribution in [1.29, 1.82) is 0 Å². The maximum Gasteiger partial charge on any atom is 0.243 e. The summed E-state index contributed by atoms with van der Waals surface area (Å²) in [5.74, 6) is 0.150. The summed E-state index contributed by atoms with van der Waals surface area (Å²) in [6.07, 6.45) is 2.56. The molecule has 2 rings (SSSR count). The van der Waals surface area contributed by atoms with E-state index in [-0.39, 0.29) is 6.54 Å². The number of hydrogen-bond donors (Lipinski definition) is 1. The van der Waals surface area contributed by atoms with E-state index < -0.39 is 22.0 Å². The van der Waals surface area contributed by atoms with Gasteiger partial charge in [-0.15, -0.1) is 0 Å². The highest BCUT2D eigenvalue weighted by Gasteiger charge is 2.30. The van der Waals surface area contributed by atoms with Crippen LogP contribution in [0.3, 0.4) is 0 Å². The molecule has 1 aromatic carbocycles. The maximum atomic E-state index is 12.4. The molecule has 0 saturated carbocycles. The van der Waals surface area contributed by atoms with Crippen LogP contribution in [-0.2, 0) is 21.4 Å². The minimum absolute atomic E-state index is 0.183. The zero-order valence-electron chi connectivity index (χ0n) is 13.6. The number of nitrogens with zero attached hydrogens (tertiary/aromatic N) is 1. The Hall–Kier alpha value is -1.99. The second-order valence-corrected chi connectivity index (χ2v) is 7.76. The van der Waals surface area contributed by atoms with Crippen LogP contribution in [0.2, 0.25) is 5.02 Å². The van der Waals surface area contributed by atoms with Crippen molar-refractivity contribution in [1.82, 2.24) is 5.32 Å². The van der Waals surface area contributed by atoms with Gasteiger partial charge in [0.25, 0.3) is 0 Å². The molecular formula is C16H19ClN2O4S. The molecule has 0 spiro atoms. The number of furan rings is 1. The Bertz CT molecular complexity index is 819. The summed E-state index contributed by atoms with van der Waals surface area (Å²) < 4.78 is 30.7. The molecule has 1 aromatic heterocycles. The van der Waals surface area contributed by atoms with E-state index in [1.807, 2.05) is 0 Å². The summed E-state index contributed by atoms with van der Waals surface area (Å²) in [6.45, 7) is 3.47. The van der Waals surface area contributed by atoms with Crippen LogP contribution in [0, 0.1) is 6.92 Å². The maximum absolute atomic E-state index is 12.4. The van der Waals surface area contributed by atoms with E-state index in [0.717, 1.165) is 10.6 Å². The Balaban J connectivity index is 2.27. The van der Waals surface area contributed by atoms with Crippen molar-refractivity contribution >= 4 is 33.2 Å². The second-order valence-electron chi connectivity index (χ2n) is 5.46. The average molecular weight is 371 g/mol. The molecule has 0 radical (unpaired) electrons. The van der Waals surface area contributed by atoms with Crippen LogP contribution in [-0.4, -0.2) is 26.6 Å². The van der Waals surface area contributed by atoms with Crippen molar-refractivity contribution in [2.24, 2.45) is 0 Å². The lowest BCUT2D eigenvalue weighted by molar-refractivity contribution is -0.122. The lowest BCUT2D eigenvalue weighted by Crippen LogP contribution is -2.47. The van der Waals surface area contributed by atoms with Gasteiger partial charge in [0.05, 0.1) is 24.8 Å². The Morgan fingerprint density at radius 3 is 2.67 bits per heavy atom. The fourth-order valence-corrected chi connectivity index (χ4v) is 3.73. The molecule has 0 aliphatic rings. The zero-order valence-corrected chi connectivity index (χ0v) is 15.2.